The largest absolute Gasteiger partial charge is 0.269 e. The van der Waals surface area contributed by atoms with Crippen molar-refractivity contribution in [1.29, 1.82) is 0 Å². The molecule has 0 bridgehead atoms. The van der Waals surface area contributed by atoms with Crippen LogP contribution >= 0.6 is 11.6 Å². The molecule has 0 saturated carbocycles. The van der Waals surface area contributed by atoms with Crippen LogP contribution in [0, 0.1) is 10.1 Å². The minimum absolute atomic E-state index is 0.0881. The number of rotatable bonds is 5. The summed E-state index contributed by atoms with van der Waals surface area (Å²) in [4.78, 5) is 13.7. The Hall–Kier alpha value is -2.03. The van der Waals surface area contributed by atoms with E-state index in [0.29, 0.717) is 5.56 Å². The standard InChI is InChI=1S/C12H10ClN3O4S/c13-12-11(5-2-6-14-12)21(19,20)15-8-9-3-1-4-10(7-9)16(17)18/h1-7,15H,8H2. The summed E-state index contributed by atoms with van der Waals surface area (Å²) in [6, 6.07) is 8.47. The number of halogens is 1. The number of hydrogen-bond donors (Lipinski definition) is 1. The lowest BCUT2D eigenvalue weighted by Crippen LogP contribution is -2.23. The van der Waals surface area contributed by atoms with Gasteiger partial charge in [-0.25, -0.2) is 18.1 Å². The summed E-state index contributed by atoms with van der Waals surface area (Å²) >= 11 is 5.74. The topological polar surface area (TPSA) is 102 Å². The summed E-state index contributed by atoms with van der Waals surface area (Å²) in [6.45, 7) is -0.0881. The van der Waals surface area contributed by atoms with Crippen molar-refractivity contribution in [3.63, 3.8) is 0 Å². The van der Waals surface area contributed by atoms with Gasteiger partial charge in [-0.05, 0) is 17.7 Å². The first-order valence-electron chi connectivity index (χ1n) is 5.73. The van der Waals surface area contributed by atoms with Crippen LogP contribution in [0.2, 0.25) is 5.15 Å². The number of hydrogen-bond acceptors (Lipinski definition) is 5. The molecule has 0 unspecified atom stereocenters. The Labute approximate surface area is 125 Å². The molecular weight excluding hydrogens is 318 g/mol. The summed E-state index contributed by atoms with van der Waals surface area (Å²) < 4.78 is 26.5. The lowest BCUT2D eigenvalue weighted by molar-refractivity contribution is -0.384. The lowest BCUT2D eigenvalue weighted by atomic mass is 10.2. The Bertz CT molecular complexity index is 780. The van der Waals surface area contributed by atoms with E-state index >= 15 is 0 Å². The Morgan fingerprint density at radius 3 is 2.71 bits per heavy atom. The third-order valence-corrected chi connectivity index (χ3v) is 4.45. The van der Waals surface area contributed by atoms with Gasteiger partial charge in [-0.15, -0.1) is 0 Å². The minimum Gasteiger partial charge on any atom is -0.258 e. The molecule has 0 fully saturated rings. The number of nitrogens with zero attached hydrogens (tertiary/aromatic N) is 2. The highest BCUT2D eigenvalue weighted by atomic mass is 35.5. The van der Waals surface area contributed by atoms with Crippen LogP contribution < -0.4 is 4.72 Å². The van der Waals surface area contributed by atoms with Crippen LogP contribution in [0.25, 0.3) is 0 Å². The van der Waals surface area contributed by atoms with Crippen molar-refractivity contribution >= 4 is 27.3 Å². The predicted octanol–water partition coefficient (Wildman–Crippen LogP) is 2.12. The second-order valence-corrected chi connectivity index (χ2v) is 6.14. The van der Waals surface area contributed by atoms with Crippen LogP contribution in [0.15, 0.2) is 47.5 Å². The molecule has 9 heteroatoms. The Morgan fingerprint density at radius 1 is 1.29 bits per heavy atom. The fraction of sp³-hybridized carbons (Fsp3) is 0.0833. The number of nitro groups is 1. The third kappa shape index (κ3) is 3.75. The number of non-ortho nitro benzene ring substituents is 1. The average Bonchev–Trinajstić information content (AvgIpc) is 2.46. The van der Waals surface area contributed by atoms with Crippen molar-refractivity contribution < 1.29 is 13.3 Å². The zero-order valence-corrected chi connectivity index (χ0v) is 12.1. The smallest absolute Gasteiger partial charge is 0.258 e. The fourth-order valence-electron chi connectivity index (χ4n) is 1.61. The lowest BCUT2D eigenvalue weighted by Gasteiger charge is -2.07. The number of benzene rings is 1. The van der Waals surface area contributed by atoms with Gasteiger partial charge in [-0.2, -0.15) is 0 Å². The van der Waals surface area contributed by atoms with Crippen molar-refractivity contribution in [3.05, 3.63) is 63.4 Å². The van der Waals surface area contributed by atoms with E-state index < -0.39 is 14.9 Å². The van der Waals surface area contributed by atoms with Crippen molar-refractivity contribution in [2.75, 3.05) is 0 Å². The number of nitrogens with one attached hydrogen (secondary N) is 1. The maximum absolute atomic E-state index is 12.1. The Kier molecular flexibility index (Phi) is 4.51. The zero-order chi connectivity index (χ0) is 15.5. The Balaban J connectivity index is 2.18. The van der Waals surface area contributed by atoms with Crippen LogP contribution in [0.4, 0.5) is 5.69 Å². The summed E-state index contributed by atoms with van der Waals surface area (Å²) in [5, 5.41) is 10.5. The van der Waals surface area contributed by atoms with Gasteiger partial charge in [0.05, 0.1) is 4.92 Å². The van der Waals surface area contributed by atoms with E-state index in [9.17, 15) is 18.5 Å². The molecule has 0 atom stereocenters. The second kappa shape index (κ2) is 6.17. The SMILES string of the molecule is O=[N+]([O-])c1cccc(CNS(=O)(=O)c2cccnc2Cl)c1. The van der Waals surface area contributed by atoms with E-state index in [0.717, 1.165) is 0 Å². The van der Waals surface area contributed by atoms with Crippen molar-refractivity contribution in [1.82, 2.24) is 9.71 Å². The van der Waals surface area contributed by atoms with Crippen molar-refractivity contribution in [3.8, 4) is 0 Å². The van der Waals surface area contributed by atoms with Gasteiger partial charge in [-0.1, -0.05) is 23.7 Å². The predicted molar refractivity (Wildman–Crippen MR) is 76.4 cm³/mol. The van der Waals surface area contributed by atoms with Crippen LogP contribution in [0.5, 0.6) is 0 Å². The van der Waals surface area contributed by atoms with Gasteiger partial charge in [0.25, 0.3) is 5.69 Å². The molecule has 1 aromatic heterocycles. The second-order valence-electron chi connectivity index (χ2n) is 4.04. The molecule has 0 aliphatic rings. The molecule has 0 radical (unpaired) electrons. The number of pyridine rings is 1. The molecule has 7 nitrogen and oxygen atoms in total. The summed E-state index contributed by atoms with van der Waals surface area (Å²) in [5.41, 5.74) is 0.360. The Morgan fingerprint density at radius 2 is 2.05 bits per heavy atom. The van der Waals surface area contributed by atoms with Crippen LogP contribution in [-0.2, 0) is 16.6 Å². The van der Waals surface area contributed by atoms with Gasteiger partial charge < -0.3 is 0 Å². The first-order chi connectivity index (χ1) is 9.90. The van der Waals surface area contributed by atoms with Crippen LogP contribution in [0.1, 0.15) is 5.56 Å². The summed E-state index contributed by atoms with van der Waals surface area (Å²) in [6.07, 6.45) is 1.38. The zero-order valence-electron chi connectivity index (χ0n) is 10.6. The van der Waals surface area contributed by atoms with E-state index in [4.69, 9.17) is 11.6 Å². The van der Waals surface area contributed by atoms with Gasteiger partial charge >= 0.3 is 0 Å². The van der Waals surface area contributed by atoms with Gasteiger partial charge in [-0.3, -0.25) is 10.1 Å². The van der Waals surface area contributed by atoms with E-state index in [2.05, 4.69) is 9.71 Å². The number of aromatic nitrogens is 1. The van der Waals surface area contributed by atoms with E-state index in [1.165, 1.54) is 36.5 Å². The molecule has 0 spiro atoms. The number of sulfonamides is 1. The normalized spacial score (nSPS) is 11.3. The molecule has 1 N–H and O–H groups in total. The molecule has 110 valence electrons. The highest BCUT2D eigenvalue weighted by molar-refractivity contribution is 7.89. The highest BCUT2D eigenvalue weighted by Gasteiger charge is 2.18. The monoisotopic (exact) mass is 327 g/mol. The van der Waals surface area contributed by atoms with E-state index in [-0.39, 0.29) is 22.3 Å². The van der Waals surface area contributed by atoms with E-state index in [1.807, 2.05) is 0 Å². The van der Waals surface area contributed by atoms with Gasteiger partial charge in [0.15, 0.2) is 0 Å². The maximum atomic E-state index is 12.1. The van der Waals surface area contributed by atoms with E-state index in [1.54, 1.807) is 6.07 Å². The highest BCUT2D eigenvalue weighted by Crippen LogP contribution is 2.18. The molecule has 1 aromatic carbocycles. The van der Waals surface area contributed by atoms with Crippen LogP contribution in [0.3, 0.4) is 0 Å². The fourth-order valence-corrected chi connectivity index (χ4v) is 3.08. The summed E-state index contributed by atoms with van der Waals surface area (Å²) in [7, 11) is -3.84. The minimum atomic E-state index is -3.84. The van der Waals surface area contributed by atoms with Gasteiger partial charge in [0.2, 0.25) is 10.0 Å². The molecule has 0 saturated heterocycles. The molecule has 2 rings (SSSR count). The average molecular weight is 328 g/mol. The first kappa shape index (κ1) is 15.4. The summed E-state index contributed by atoms with van der Waals surface area (Å²) in [5.74, 6) is 0. The van der Waals surface area contributed by atoms with Crippen LogP contribution in [-0.4, -0.2) is 18.3 Å². The van der Waals surface area contributed by atoms with Crippen molar-refractivity contribution in [2.45, 2.75) is 11.4 Å². The van der Waals surface area contributed by atoms with Gasteiger partial charge in [0, 0.05) is 24.9 Å². The molecule has 0 aliphatic heterocycles. The molecule has 0 amide bonds. The molecular formula is C12H10ClN3O4S. The molecule has 0 aliphatic carbocycles. The first-order valence-corrected chi connectivity index (χ1v) is 7.60. The molecule has 2 aromatic rings. The number of nitro benzene ring substituents is 1. The third-order valence-electron chi connectivity index (χ3n) is 2.60. The van der Waals surface area contributed by atoms with Crippen molar-refractivity contribution in [2.24, 2.45) is 0 Å². The molecule has 21 heavy (non-hydrogen) atoms. The maximum Gasteiger partial charge on any atom is 0.269 e. The molecule has 1 heterocycles. The quantitative estimate of drug-likeness (QED) is 0.515. The van der Waals surface area contributed by atoms with Gasteiger partial charge in [0.1, 0.15) is 10.0 Å².